The minimum atomic E-state index is -0.270. The third kappa shape index (κ3) is 6.06. The Kier molecular flexibility index (Phi) is 9.04. The van der Waals surface area contributed by atoms with E-state index in [1.807, 2.05) is 25.1 Å². The highest BCUT2D eigenvalue weighted by molar-refractivity contribution is 5.96. The summed E-state index contributed by atoms with van der Waals surface area (Å²) in [6.45, 7) is 18.6. The van der Waals surface area contributed by atoms with Crippen LogP contribution in [-0.4, -0.2) is 52.1 Å². The first-order chi connectivity index (χ1) is 20.5. The van der Waals surface area contributed by atoms with Crippen LogP contribution in [0.5, 0.6) is 0 Å². The fourth-order valence-electron chi connectivity index (χ4n) is 7.62. The zero-order chi connectivity index (χ0) is 30.5. The van der Waals surface area contributed by atoms with Gasteiger partial charge in [0.15, 0.2) is 5.96 Å². The van der Waals surface area contributed by atoms with Gasteiger partial charge in [0.05, 0.1) is 16.9 Å². The summed E-state index contributed by atoms with van der Waals surface area (Å²) in [6.07, 6.45) is 3.06. The molecule has 7 rings (SSSR count). The predicted octanol–water partition coefficient (Wildman–Crippen LogP) is 6.58. The second-order valence-corrected chi connectivity index (χ2v) is 13.7. The number of halogens is 1. The number of piperazine rings is 1. The van der Waals surface area contributed by atoms with Gasteiger partial charge in [-0.1, -0.05) is 46.9 Å². The van der Waals surface area contributed by atoms with Crippen LogP contribution < -0.4 is 16.2 Å². The summed E-state index contributed by atoms with van der Waals surface area (Å²) in [5, 5.41) is 7.77. The SMILES string of the molecule is C.C=C(C)c1nc2cc(NC(=N[C@H]3C[C@H]4C[C@@H]([C@@H]3C)C4(C)C)N3CCN[C@@H](C)C3)ccc2c(=O)n1CCc1ccc(F)cc1. The van der Waals surface area contributed by atoms with Gasteiger partial charge in [0.2, 0.25) is 0 Å². The van der Waals surface area contributed by atoms with Crippen molar-refractivity contribution in [3.8, 4) is 0 Å². The van der Waals surface area contributed by atoms with E-state index < -0.39 is 0 Å². The summed E-state index contributed by atoms with van der Waals surface area (Å²) in [5.74, 6) is 3.21. The number of hydrogen-bond acceptors (Lipinski definition) is 4. The molecule has 1 saturated heterocycles. The van der Waals surface area contributed by atoms with Crippen molar-refractivity contribution in [1.82, 2.24) is 19.8 Å². The molecule has 3 aliphatic carbocycles. The molecule has 4 aliphatic rings. The predicted molar refractivity (Wildman–Crippen MR) is 181 cm³/mol. The van der Waals surface area contributed by atoms with Crippen LogP contribution in [0.4, 0.5) is 10.1 Å². The van der Waals surface area contributed by atoms with Crippen molar-refractivity contribution < 1.29 is 4.39 Å². The van der Waals surface area contributed by atoms with E-state index in [0.29, 0.717) is 53.1 Å². The number of aromatic nitrogens is 2. The molecule has 236 valence electrons. The lowest BCUT2D eigenvalue weighted by atomic mass is 9.45. The number of benzene rings is 2. The van der Waals surface area contributed by atoms with E-state index in [1.54, 1.807) is 16.7 Å². The van der Waals surface area contributed by atoms with Crippen molar-refractivity contribution in [1.29, 1.82) is 0 Å². The highest BCUT2D eigenvalue weighted by Crippen LogP contribution is 2.61. The Morgan fingerprint density at radius 2 is 1.93 bits per heavy atom. The van der Waals surface area contributed by atoms with Crippen LogP contribution in [0.25, 0.3) is 16.5 Å². The zero-order valence-corrected chi connectivity index (χ0v) is 26.2. The van der Waals surface area contributed by atoms with E-state index in [9.17, 15) is 9.18 Å². The summed E-state index contributed by atoms with van der Waals surface area (Å²) >= 11 is 0. The van der Waals surface area contributed by atoms with E-state index >= 15 is 0 Å². The lowest BCUT2D eigenvalue weighted by Gasteiger charge is -2.61. The molecule has 1 aromatic heterocycles. The Labute approximate surface area is 261 Å². The van der Waals surface area contributed by atoms with Crippen LogP contribution in [0.1, 0.15) is 66.3 Å². The standard InChI is InChI=1S/C35H45FN6O.CH4/c1-21(2)32-39-31-19-27(11-12-28(31)33(43)42(32)15-13-24-7-9-26(36)10-8-24)38-34(41-16-14-37-22(3)20-41)40-30-18-25-17-29(23(30)4)35(25,5)6;/h7-12,19,22-23,25,29-30,37H,1,13-18,20H2,2-6H3,(H,38,40);1H4/t22-,23-,25+,29-,30-;/m0./s1. The maximum atomic E-state index is 13.7. The van der Waals surface area contributed by atoms with Gasteiger partial charge in [-0.25, -0.2) is 14.4 Å². The number of allylic oxidation sites excluding steroid dienone is 1. The number of rotatable bonds is 6. The summed E-state index contributed by atoms with van der Waals surface area (Å²) in [4.78, 5) is 26.4. The quantitative estimate of drug-likeness (QED) is 0.247. The van der Waals surface area contributed by atoms with E-state index in [4.69, 9.17) is 9.98 Å². The van der Waals surface area contributed by atoms with Gasteiger partial charge in [0.1, 0.15) is 11.6 Å². The van der Waals surface area contributed by atoms with Crippen LogP contribution in [0, 0.1) is 29.0 Å². The summed E-state index contributed by atoms with van der Waals surface area (Å²) < 4.78 is 15.1. The van der Waals surface area contributed by atoms with Crippen LogP contribution >= 0.6 is 0 Å². The van der Waals surface area contributed by atoms with Gasteiger partial charge >= 0.3 is 0 Å². The Morgan fingerprint density at radius 3 is 2.59 bits per heavy atom. The molecule has 2 heterocycles. The van der Waals surface area contributed by atoms with Crippen molar-refractivity contribution in [2.75, 3.05) is 25.0 Å². The molecule has 1 aliphatic heterocycles. The number of nitrogens with zero attached hydrogens (tertiary/aromatic N) is 4. The fourth-order valence-corrected chi connectivity index (χ4v) is 7.62. The number of aryl methyl sites for hydroxylation is 1. The first-order valence-electron chi connectivity index (χ1n) is 15.8. The van der Waals surface area contributed by atoms with E-state index in [-0.39, 0.29) is 18.8 Å². The molecule has 5 atom stereocenters. The normalized spacial score (nSPS) is 26.1. The number of nitrogens with one attached hydrogen (secondary N) is 2. The number of fused-ring (bicyclic) bond motifs is 3. The minimum absolute atomic E-state index is 0. The van der Waals surface area contributed by atoms with Crippen LogP contribution in [0.3, 0.4) is 0 Å². The van der Waals surface area contributed by atoms with E-state index in [2.05, 4.69) is 49.8 Å². The van der Waals surface area contributed by atoms with Gasteiger partial charge in [-0.05, 0) is 97.7 Å². The molecule has 4 fully saturated rings. The molecule has 2 bridgehead atoms. The third-order valence-corrected chi connectivity index (χ3v) is 10.4. The molecular formula is C36H49FN6O. The molecule has 7 nitrogen and oxygen atoms in total. The van der Waals surface area contributed by atoms with Crippen molar-refractivity contribution >= 4 is 28.1 Å². The topological polar surface area (TPSA) is 74.6 Å². The first kappa shape index (κ1) is 31.9. The summed E-state index contributed by atoms with van der Waals surface area (Å²) in [6, 6.07) is 12.9. The summed E-state index contributed by atoms with van der Waals surface area (Å²) in [5.41, 5.74) is 3.51. The van der Waals surface area contributed by atoms with Crippen molar-refractivity contribution in [2.24, 2.45) is 28.2 Å². The second-order valence-electron chi connectivity index (χ2n) is 13.7. The average Bonchev–Trinajstić information content (AvgIpc) is 2.97. The van der Waals surface area contributed by atoms with Crippen LogP contribution in [0.15, 0.2) is 58.8 Å². The summed E-state index contributed by atoms with van der Waals surface area (Å²) in [7, 11) is 0. The van der Waals surface area contributed by atoms with E-state index in [0.717, 1.165) is 60.7 Å². The van der Waals surface area contributed by atoms with Crippen LogP contribution in [0.2, 0.25) is 0 Å². The molecule has 3 aromatic rings. The molecule has 0 radical (unpaired) electrons. The lowest BCUT2D eigenvalue weighted by Crippen LogP contribution is -2.57. The highest BCUT2D eigenvalue weighted by Gasteiger charge is 2.56. The van der Waals surface area contributed by atoms with E-state index in [1.165, 1.54) is 18.6 Å². The van der Waals surface area contributed by atoms with Crippen LogP contribution in [-0.2, 0) is 13.0 Å². The van der Waals surface area contributed by atoms with Gasteiger partial charge in [-0.2, -0.15) is 0 Å². The van der Waals surface area contributed by atoms with Gasteiger partial charge in [0, 0.05) is 37.9 Å². The first-order valence-corrected chi connectivity index (χ1v) is 15.8. The van der Waals surface area contributed by atoms with Crippen molar-refractivity contribution in [2.45, 2.75) is 79.9 Å². The Hall–Kier alpha value is -3.52. The number of aliphatic imine (C=N–C) groups is 1. The fraction of sp³-hybridized carbons (Fsp3) is 0.528. The Bertz CT molecular complexity index is 1610. The van der Waals surface area contributed by atoms with Gasteiger partial charge in [0.25, 0.3) is 5.56 Å². The maximum absolute atomic E-state index is 13.7. The highest BCUT2D eigenvalue weighted by atomic mass is 19.1. The molecule has 8 heteroatoms. The molecule has 2 N–H and O–H groups in total. The monoisotopic (exact) mass is 600 g/mol. The van der Waals surface area contributed by atoms with Gasteiger partial charge < -0.3 is 15.5 Å². The molecule has 0 unspecified atom stereocenters. The van der Waals surface area contributed by atoms with Crippen molar-refractivity contribution in [3.05, 3.63) is 76.6 Å². The molecule has 44 heavy (non-hydrogen) atoms. The smallest absolute Gasteiger partial charge is 0.261 e. The second kappa shape index (κ2) is 12.5. The number of guanidine groups is 1. The Morgan fingerprint density at radius 1 is 1.18 bits per heavy atom. The average molecular weight is 601 g/mol. The van der Waals surface area contributed by atoms with Gasteiger partial charge in [-0.15, -0.1) is 0 Å². The maximum Gasteiger partial charge on any atom is 0.261 e. The number of hydrogen-bond donors (Lipinski definition) is 2. The molecule has 0 spiro atoms. The third-order valence-electron chi connectivity index (χ3n) is 10.4. The Balaban J connectivity index is 0.00000384. The molecular weight excluding hydrogens is 551 g/mol. The largest absolute Gasteiger partial charge is 0.340 e. The molecule has 2 aromatic carbocycles. The molecule has 3 saturated carbocycles. The minimum Gasteiger partial charge on any atom is -0.340 e. The lowest BCUT2D eigenvalue weighted by molar-refractivity contribution is -0.108. The molecule has 0 amide bonds. The zero-order valence-electron chi connectivity index (χ0n) is 26.2. The number of anilines is 1. The van der Waals surface area contributed by atoms with Gasteiger partial charge in [-0.3, -0.25) is 9.36 Å². The van der Waals surface area contributed by atoms with Crippen molar-refractivity contribution in [3.63, 3.8) is 0 Å².